The van der Waals surface area contributed by atoms with E-state index in [2.05, 4.69) is 20.5 Å². The molecular formula is C13H11N5O. The molecule has 0 amide bonds. The lowest BCUT2D eigenvalue weighted by Crippen LogP contribution is -2.08. The second kappa shape index (κ2) is 4.24. The van der Waals surface area contributed by atoms with Crippen molar-refractivity contribution in [3.05, 3.63) is 41.6 Å². The van der Waals surface area contributed by atoms with Crippen LogP contribution in [0.25, 0.3) is 17.0 Å². The summed E-state index contributed by atoms with van der Waals surface area (Å²) >= 11 is 0. The highest BCUT2D eigenvalue weighted by atomic mass is 16.1. The number of nitrogens with zero attached hydrogens (tertiary/aromatic N) is 5. The highest BCUT2D eigenvalue weighted by Crippen LogP contribution is 2.21. The third-order valence-electron chi connectivity index (χ3n) is 2.91. The molecule has 1 aromatic carbocycles. The molecule has 0 atom stereocenters. The van der Waals surface area contributed by atoms with Crippen molar-refractivity contribution in [2.45, 2.75) is 13.8 Å². The van der Waals surface area contributed by atoms with Crippen LogP contribution < -0.4 is 0 Å². The Morgan fingerprint density at radius 3 is 2.63 bits per heavy atom. The minimum Gasteiger partial charge on any atom is -0.294 e. The summed E-state index contributed by atoms with van der Waals surface area (Å²) in [6, 6.07) is 9.62. The van der Waals surface area contributed by atoms with Crippen LogP contribution in [0.2, 0.25) is 0 Å². The fraction of sp³-hybridized carbons (Fsp3) is 0.154. The van der Waals surface area contributed by atoms with E-state index in [-0.39, 0.29) is 5.78 Å². The molecule has 0 fully saturated rings. The zero-order valence-electron chi connectivity index (χ0n) is 10.5. The second-order valence-corrected chi connectivity index (χ2v) is 4.23. The number of aromatic nitrogens is 5. The van der Waals surface area contributed by atoms with Crippen molar-refractivity contribution in [1.82, 2.24) is 25.0 Å². The Kier molecular flexibility index (Phi) is 2.56. The first-order valence-corrected chi connectivity index (χ1v) is 5.83. The third-order valence-corrected chi connectivity index (χ3v) is 2.91. The number of fused-ring (bicyclic) bond motifs is 1. The molecule has 6 nitrogen and oxygen atoms in total. The fourth-order valence-corrected chi connectivity index (χ4v) is 2.10. The zero-order valence-corrected chi connectivity index (χ0v) is 10.5. The van der Waals surface area contributed by atoms with Crippen molar-refractivity contribution in [3.63, 3.8) is 0 Å². The Labute approximate surface area is 109 Å². The second-order valence-electron chi connectivity index (χ2n) is 4.23. The largest absolute Gasteiger partial charge is 0.294 e. The molecule has 0 aliphatic rings. The summed E-state index contributed by atoms with van der Waals surface area (Å²) in [5.74, 6) is 0.535. The molecule has 0 saturated carbocycles. The Morgan fingerprint density at radius 2 is 1.95 bits per heavy atom. The van der Waals surface area contributed by atoms with E-state index in [1.54, 1.807) is 6.92 Å². The first-order valence-electron chi connectivity index (χ1n) is 5.83. The molecule has 3 aromatic rings. The van der Waals surface area contributed by atoms with Gasteiger partial charge in [-0.15, -0.1) is 5.10 Å². The third kappa shape index (κ3) is 1.77. The molecule has 6 heteroatoms. The minimum absolute atomic E-state index is 0.0931. The van der Waals surface area contributed by atoms with E-state index in [0.717, 1.165) is 5.56 Å². The number of tetrazole rings is 1. The van der Waals surface area contributed by atoms with Crippen molar-refractivity contribution in [2.24, 2.45) is 0 Å². The van der Waals surface area contributed by atoms with Crippen LogP contribution in [0.3, 0.4) is 0 Å². The number of carbonyl (C=O) groups excluding carboxylic acids is 1. The van der Waals surface area contributed by atoms with E-state index in [4.69, 9.17) is 0 Å². The first kappa shape index (κ1) is 11.5. The van der Waals surface area contributed by atoms with E-state index < -0.39 is 0 Å². The summed E-state index contributed by atoms with van der Waals surface area (Å²) < 4.78 is 1.50. The number of hydrogen-bond donors (Lipinski definition) is 0. The number of Topliss-reactive ketones (excluding diaryl/α,β-unsaturated/α-hetero) is 1. The van der Waals surface area contributed by atoms with Crippen LogP contribution in [0.4, 0.5) is 0 Å². The highest BCUT2D eigenvalue weighted by molar-refractivity contribution is 6.00. The molecule has 0 spiro atoms. The Bertz CT molecular complexity index is 763. The van der Waals surface area contributed by atoms with Crippen LogP contribution in [-0.2, 0) is 0 Å². The summed E-state index contributed by atoms with van der Waals surface area (Å²) in [5, 5.41) is 11.5. The quantitative estimate of drug-likeness (QED) is 0.650. The van der Waals surface area contributed by atoms with Crippen molar-refractivity contribution in [3.8, 4) is 11.4 Å². The van der Waals surface area contributed by atoms with Gasteiger partial charge in [-0.1, -0.05) is 30.3 Å². The number of benzene rings is 1. The average molecular weight is 253 g/mol. The number of aryl methyl sites for hydroxylation is 1. The monoisotopic (exact) mass is 253 g/mol. The molecule has 2 heterocycles. The lowest BCUT2D eigenvalue weighted by atomic mass is 10.1. The van der Waals surface area contributed by atoms with Gasteiger partial charge in [0.2, 0.25) is 0 Å². The lowest BCUT2D eigenvalue weighted by molar-refractivity contribution is 0.101. The molecule has 0 N–H and O–H groups in total. The van der Waals surface area contributed by atoms with Gasteiger partial charge in [0.15, 0.2) is 17.3 Å². The maximum atomic E-state index is 11.7. The standard InChI is InChI=1S/C13H11N5O/c1-8-11(9(2)19)13-15-16-17-18(13)12(14-8)10-6-4-3-5-7-10/h3-7H,1-2H3. The maximum absolute atomic E-state index is 11.7. The van der Waals surface area contributed by atoms with Gasteiger partial charge in [0.1, 0.15) is 0 Å². The molecule has 2 aromatic heterocycles. The summed E-state index contributed by atoms with van der Waals surface area (Å²) in [5.41, 5.74) is 2.44. The predicted octanol–water partition coefficient (Wildman–Crippen LogP) is 1.70. The SMILES string of the molecule is CC(=O)c1c(C)nc(-c2ccccc2)n2nnnc12. The Balaban J connectivity index is 2.37. The van der Waals surface area contributed by atoms with E-state index in [1.807, 2.05) is 30.3 Å². The topological polar surface area (TPSA) is 73.0 Å². The molecule has 94 valence electrons. The molecule has 3 rings (SSSR count). The van der Waals surface area contributed by atoms with Crippen LogP contribution in [0, 0.1) is 6.92 Å². The summed E-state index contributed by atoms with van der Waals surface area (Å²) in [6.07, 6.45) is 0. The van der Waals surface area contributed by atoms with Gasteiger partial charge in [-0.2, -0.15) is 4.52 Å². The smallest absolute Gasteiger partial charge is 0.194 e. The van der Waals surface area contributed by atoms with Crippen LogP contribution in [-0.4, -0.2) is 30.8 Å². The summed E-state index contributed by atoms with van der Waals surface area (Å²) in [4.78, 5) is 16.1. The van der Waals surface area contributed by atoms with E-state index in [9.17, 15) is 4.79 Å². The molecular weight excluding hydrogens is 242 g/mol. The van der Waals surface area contributed by atoms with Crippen LogP contribution >= 0.6 is 0 Å². The van der Waals surface area contributed by atoms with Gasteiger partial charge < -0.3 is 0 Å². The van der Waals surface area contributed by atoms with E-state index in [0.29, 0.717) is 22.7 Å². The van der Waals surface area contributed by atoms with E-state index >= 15 is 0 Å². The summed E-state index contributed by atoms with van der Waals surface area (Å²) in [6.45, 7) is 3.28. The number of rotatable bonds is 2. The average Bonchev–Trinajstić information content (AvgIpc) is 2.87. The molecule has 0 unspecified atom stereocenters. The normalized spacial score (nSPS) is 10.8. The first-order chi connectivity index (χ1) is 9.18. The molecule has 19 heavy (non-hydrogen) atoms. The molecule has 0 radical (unpaired) electrons. The van der Waals surface area contributed by atoms with Gasteiger partial charge in [-0.3, -0.25) is 4.79 Å². The van der Waals surface area contributed by atoms with Crippen LogP contribution in [0.1, 0.15) is 23.0 Å². The van der Waals surface area contributed by atoms with Gasteiger partial charge in [-0.25, -0.2) is 4.98 Å². The van der Waals surface area contributed by atoms with Crippen LogP contribution in [0.5, 0.6) is 0 Å². The summed E-state index contributed by atoms with van der Waals surface area (Å²) in [7, 11) is 0. The van der Waals surface area contributed by atoms with Crippen molar-refractivity contribution >= 4 is 11.4 Å². The predicted molar refractivity (Wildman–Crippen MR) is 68.8 cm³/mol. The van der Waals surface area contributed by atoms with Crippen LogP contribution in [0.15, 0.2) is 30.3 Å². The minimum atomic E-state index is -0.0931. The Morgan fingerprint density at radius 1 is 1.21 bits per heavy atom. The van der Waals surface area contributed by atoms with Gasteiger partial charge in [0.05, 0.1) is 11.3 Å². The zero-order chi connectivity index (χ0) is 13.4. The number of hydrogen-bond acceptors (Lipinski definition) is 5. The van der Waals surface area contributed by atoms with Gasteiger partial charge >= 0.3 is 0 Å². The van der Waals surface area contributed by atoms with Crippen molar-refractivity contribution in [2.75, 3.05) is 0 Å². The number of carbonyl (C=O) groups is 1. The molecule has 0 aliphatic heterocycles. The fourth-order valence-electron chi connectivity index (χ4n) is 2.10. The lowest BCUT2D eigenvalue weighted by Gasteiger charge is -2.07. The van der Waals surface area contributed by atoms with Gasteiger partial charge in [0, 0.05) is 5.56 Å². The van der Waals surface area contributed by atoms with Crippen molar-refractivity contribution in [1.29, 1.82) is 0 Å². The highest BCUT2D eigenvalue weighted by Gasteiger charge is 2.18. The van der Waals surface area contributed by atoms with Gasteiger partial charge in [-0.05, 0) is 24.3 Å². The van der Waals surface area contributed by atoms with E-state index in [1.165, 1.54) is 11.4 Å². The molecule has 0 saturated heterocycles. The van der Waals surface area contributed by atoms with Crippen molar-refractivity contribution < 1.29 is 4.79 Å². The maximum Gasteiger partial charge on any atom is 0.194 e. The number of ketones is 1. The molecule has 0 aliphatic carbocycles. The van der Waals surface area contributed by atoms with Gasteiger partial charge in [0.25, 0.3) is 0 Å². The molecule has 0 bridgehead atoms. The Hall–Kier alpha value is -2.63.